The van der Waals surface area contributed by atoms with Crippen molar-refractivity contribution >= 4 is 40.6 Å². The van der Waals surface area contributed by atoms with Crippen molar-refractivity contribution in [2.45, 2.75) is 45.3 Å². The Labute approximate surface area is 253 Å². The molecule has 0 bridgehead atoms. The standard InChI is InChI=1S/C29H36N6O9/c1-28(2,3)11-44-27(40)31-15-10-16(34(4)5)13-8-12-9-14-21(35(6)7)23(37)19(26(30)39)25(38)29(14,41)24(33-43)17(12)22(36)18(13)20(15)32-42/h10,12,14,21,38,41H,8-9,11H2,1-7H3,(H2,30,39)(H,31,40)/t12-,14-,21-,29-/m0/s1. The van der Waals surface area contributed by atoms with Crippen molar-refractivity contribution < 1.29 is 34.1 Å². The number of allylic oxidation sites excluding steroid dienone is 1. The molecule has 3 aliphatic rings. The van der Waals surface area contributed by atoms with Gasteiger partial charge in [0.25, 0.3) is 5.91 Å². The first-order chi connectivity index (χ1) is 20.4. The van der Waals surface area contributed by atoms with E-state index in [-0.39, 0.29) is 41.7 Å². The molecule has 0 heterocycles. The van der Waals surface area contributed by atoms with E-state index in [2.05, 4.69) is 15.7 Å². The summed E-state index contributed by atoms with van der Waals surface area (Å²) in [6.07, 6.45) is -0.930. The Morgan fingerprint density at radius 3 is 2.30 bits per heavy atom. The third-order valence-corrected chi connectivity index (χ3v) is 8.24. The molecule has 236 valence electrons. The number of nitrogens with zero attached hydrogens (tertiary/aromatic N) is 4. The van der Waals surface area contributed by atoms with E-state index in [1.54, 1.807) is 19.0 Å². The molecule has 1 aromatic rings. The zero-order chi connectivity index (χ0) is 33.0. The van der Waals surface area contributed by atoms with Crippen LogP contribution in [0.4, 0.5) is 21.9 Å². The number of primary amides is 1. The Kier molecular flexibility index (Phi) is 8.26. The van der Waals surface area contributed by atoms with Crippen LogP contribution in [0, 0.1) is 27.1 Å². The van der Waals surface area contributed by atoms with Gasteiger partial charge in [-0.25, -0.2) is 4.79 Å². The maximum Gasteiger partial charge on any atom is 0.411 e. The molecule has 0 aromatic heterocycles. The van der Waals surface area contributed by atoms with Crippen LogP contribution in [0.5, 0.6) is 0 Å². The number of nitrogens with one attached hydrogen (secondary N) is 1. The Morgan fingerprint density at radius 2 is 1.80 bits per heavy atom. The van der Waals surface area contributed by atoms with Gasteiger partial charge in [-0.05, 0) is 60.3 Å². The molecule has 0 aliphatic heterocycles. The van der Waals surface area contributed by atoms with Crippen LogP contribution in [0.2, 0.25) is 0 Å². The summed E-state index contributed by atoms with van der Waals surface area (Å²) in [6, 6.07) is 0.272. The van der Waals surface area contributed by atoms with Gasteiger partial charge in [-0.3, -0.25) is 24.6 Å². The number of Topliss-reactive ketones (excluding diaryl/α,β-unsaturated/α-hetero) is 2. The van der Waals surface area contributed by atoms with Crippen molar-refractivity contribution in [1.82, 2.24) is 4.90 Å². The molecule has 4 rings (SSSR count). The van der Waals surface area contributed by atoms with Crippen molar-refractivity contribution in [2.24, 2.45) is 33.3 Å². The second-order valence-corrected chi connectivity index (χ2v) is 12.9. The lowest BCUT2D eigenvalue weighted by Gasteiger charge is -2.50. The molecular weight excluding hydrogens is 576 g/mol. The van der Waals surface area contributed by atoms with Gasteiger partial charge in [0, 0.05) is 31.3 Å². The Morgan fingerprint density at radius 1 is 1.16 bits per heavy atom. The van der Waals surface area contributed by atoms with Crippen molar-refractivity contribution in [3.63, 3.8) is 0 Å². The number of benzene rings is 1. The molecule has 3 aliphatic carbocycles. The quantitative estimate of drug-likeness (QED) is 0.259. The molecule has 44 heavy (non-hydrogen) atoms. The Balaban J connectivity index is 1.97. The highest BCUT2D eigenvalue weighted by molar-refractivity contribution is 6.22. The maximum absolute atomic E-state index is 14.3. The van der Waals surface area contributed by atoms with Gasteiger partial charge in [-0.1, -0.05) is 20.8 Å². The largest absolute Gasteiger partial charge is 0.508 e. The highest BCUT2D eigenvalue weighted by Gasteiger charge is 2.63. The maximum atomic E-state index is 14.3. The van der Waals surface area contributed by atoms with E-state index in [0.29, 0.717) is 11.3 Å². The molecule has 4 atom stereocenters. The number of carbonyl (C=O) groups excluding carboxylic acids is 4. The summed E-state index contributed by atoms with van der Waals surface area (Å²) in [5.41, 5.74) is 0.341. The van der Waals surface area contributed by atoms with E-state index in [1.807, 2.05) is 20.8 Å². The van der Waals surface area contributed by atoms with Crippen LogP contribution in [0.15, 0.2) is 39.0 Å². The monoisotopic (exact) mass is 612 g/mol. The van der Waals surface area contributed by atoms with E-state index in [9.17, 15) is 39.2 Å². The second kappa shape index (κ2) is 11.2. The molecule has 15 nitrogen and oxygen atoms in total. The molecule has 0 spiro atoms. The topological polar surface area (TPSA) is 221 Å². The third kappa shape index (κ3) is 5.05. The molecule has 0 unspecified atom stereocenters. The summed E-state index contributed by atoms with van der Waals surface area (Å²) in [6.45, 7) is 5.62. The highest BCUT2D eigenvalue weighted by Crippen LogP contribution is 2.55. The van der Waals surface area contributed by atoms with Crippen molar-refractivity contribution in [3.05, 3.63) is 49.6 Å². The van der Waals surface area contributed by atoms with Gasteiger partial charge in [0.15, 0.2) is 17.2 Å². The number of fused-ring (bicyclic) bond motifs is 3. The molecule has 0 radical (unpaired) electrons. The SMILES string of the molecule is CN(C)c1cc(NC(=O)OCC(C)(C)C)c(N=O)c2c1C[C@H]1C[C@H]3[C@H](N(C)C)C(=O)C(C(N)=O)=C(O)[C@@]3(O)C(N=O)=C1C2=O. The van der Waals surface area contributed by atoms with E-state index < -0.39 is 69.8 Å². The number of nitroso groups, excluding NO2 is 2. The lowest BCUT2D eigenvalue weighted by molar-refractivity contribution is -0.134. The minimum Gasteiger partial charge on any atom is -0.508 e. The van der Waals surface area contributed by atoms with Crippen molar-refractivity contribution in [1.29, 1.82) is 0 Å². The number of ether oxygens (including phenoxy) is 1. The van der Waals surface area contributed by atoms with Crippen molar-refractivity contribution in [2.75, 3.05) is 45.0 Å². The number of amides is 2. The van der Waals surface area contributed by atoms with Gasteiger partial charge in [-0.15, -0.1) is 9.81 Å². The first-order valence-corrected chi connectivity index (χ1v) is 13.8. The number of ketones is 2. The first kappa shape index (κ1) is 32.4. The summed E-state index contributed by atoms with van der Waals surface area (Å²) in [5.74, 6) is -6.23. The molecule has 2 amide bonds. The van der Waals surface area contributed by atoms with Gasteiger partial charge < -0.3 is 25.6 Å². The van der Waals surface area contributed by atoms with E-state index in [4.69, 9.17) is 10.5 Å². The Hall–Kier alpha value is -4.50. The molecule has 15 heteroatoms. The van der Waals surface area contributed by atoms with Gasteiger partial charge >= 0.3 is 6.09 Å². The molecular formula is C29H36N6O9. The minimum absolute atomic E-state index is 0.0499. The van der Waals surface area contributed by atoms with Crippen LogP contribution in [0.1, 0.15) is 43.1 Å². The number of hydrogen-bond donors (Lipinski definition) is 4. The van der Waals surface area contributed by atoms with E-state index in [1.165, 1.54) is 25.1 Å². The number of anilines is 2. The van der Waals surface area contributed by atoms with Gasteiger partial charge in [0.2, 0.25) is 0 Å². The third-order valence-electron chi connectivity index (χ3n) is 8.24. The molecule has 0 saturated heterocycles. The van der Waals surface area contributed by atoms with Gasteiger partial charge in [0.1, 0.15) is 22.7 Å². The number of hydrogen-bond acceptors (Lipinski definition) is 13. The fraction of sp³-hybridized carbons (Fsp3) is 0.517. The average molecular weight is 613 g/mol. The van der Waals surface area contributed by atoms with Crippen LogP contribution in [0.25, 0.3) is 0 Å². The summed E-state index contributed by atoms with van der Waals surface area (Å²) in [4.78, 5) is 80.3. The molecule has 0 fully saturated rings. The number of carbonyl (C=O) groups is 4. The number of nitrogens with two attached hydrogens (primary N) is 1. The summed E-state index contributed by atoms with van der Waals surface area (Å²) in [5, 5.41) is 31.6. The van der Waals surface area contributed by atoms with Gasteiger partial charge in [0.05, 0.1) is 23.9 Å². The van der Waals surface area contributed by atoms with Crippen molar-refractivity contribution in [3.8, 4) is 0 Å². The average Bonchev–Trinajstić information content (AvgIpc) is 2.91. The van der Waals surface area contributed by atoms with Crippen LogP contribution in [-0.4, -0.2) is 85.1 Å². The lowest BCUT2D eigenvalue weighted by atomic mass is 9.58. The molecule has 1 aromatic carbocycles. The van der Waals surface area contributed by atoms with Crippen LogP contribution >= 0.6 is 0 Å². The number of aliphatic hydroxyl groups is 2. The number of likely N-dealkylation sites (N-methyl/N-ethyl adjacent to an activating group) is 1. The normalized spacial score (nSPS) is 24.8. The second-order valence-electron chi connectivity index (χ2n) is 12.9. The zero-order valence-electron chi connectivity index (χ0n) is 25.5. The number of aliphatic hydroxyl groups excluding tert-OH is 1. The predicted molar refractivity (Wildman–Crippen MR) is 159 cm³/mol. The van der Waals surface area contributed by atoms with Crippen LogP contribution < -0.4 is 16.0 Å². The predicted octanol–water partition coefficient (Wildman–Crippen LogP) is 2.68. The minimum atomic E-state index is -2.72. The fourth-order valence-corrected chi connectivity index (χ4v) is 6.43. The Bertz CT molecular complexity index is 1550. The van der Waals surface area contributed by atoms with Crippen LogP contribution in [0.3, 0.4) is 0 Å². The zero-order valence-corrected chi connectivity index (χ0v) is 25.5. The summed E-state index contributed by atoms with van der Waals surface area (Å²) in [7, 11) is 6.42. The smallest absolute Gasteiger partial charge is 0.411 e. The first-order valence-electron chi connectivity index (χ1n) is 13.8. The molecule has 5 N–H and O–H groups in total. The summed E-state index contributed by atoms with van der Waals surface area (Å²) < 4.78 is 5.26. The molecule has 0 saturated carbocycles. The van der Waals surface area contributed by atoms with Gasteiger partial charge in [-0.2, -0.15) is 0 Å². The van der Waals surface area contributed by atoms with E-state index >= 15 is 0 Å². The highest BCUT2D eigenvalue weighted by atomic mass is 16.5. The number of rotatable bonds is 7. The fourth-order valence-electron chi connectivity index (χ4n) is 6.43. The van der Waals surface area contributed by atoms with E-state index in [0.717, 1.165) is 0 Å². The lowest BCUT2D eigenvalue weighted by Crippen LogP contribution is -2.62. The van der Waals surface area contributed by atoms with Crippen LogP contribution in [-0.2, 0) is 20.7 Å². The summed E-state index contributed by atoms with van der Waals surface area (Å²) >= 11 is 0.